The molecular weight excluding hydrogens is 425 g/mol. The Kier molecular flexibility index (Phi) is 7.41. The SMILES string of the molecule is O=C(O)Cc1cccc(-c2cccc(OCC=Cc3ccc(SC(F)(F)F)cc3)c2)c1. The average Bonchev–Trinajstić information content (AvgIpc) is 2.71. The molecule has 0 amide bonds. The maximum absolute atomic E-state index is 12.4. The largest absolute Gasteiger partial charge is 0.490 e. The molecule has 0 aliphatic heterocycles. The summed E-state index contributed by atoms with van der Waals surface area (Å²) in [6.07, 6.45) is 3.53. The molecule has 0 saturated heterocycles. The fourth-order valence-electron chi connectivity index (χ4n) is 2.91. The number of carboxylic acids is 1. The second-order valence-corrected chi connectivity index (χ2v) is 7.77. The number of halogens is 3. The predicted octanol–water partition coefficient (Wildman–Crippen LogP) is 6.68. The topological polar surface area (TPSA) is 46.5 Å². The standard InChI is InChI=1S/C24H19F3O3S/c25-24(26,27)31-22-11-9-17(10-12-22)5-3-13-30-21-8-2-7-20(16-21)19-6-1-4-18(14-19)15-23(28)29/h1-12,14,16H,13,15H2,(H,28,29). The highest BCUT2D eigenvalue weighted by atomic mass is 32.2. The van der Waals surface area contributed by atoms with E-state index in [1.807, 2.05) is 42.5 Å². The van der Waals surface area contributed by atoms with Gasteiger partial charge in [0.15, 0.2) is 0 Å². The van der Waals surface area contributed by atoms with Gasteiger partial charge in [0.1, 0.15) is 12.4 Å². The van der Waals surface area contributed by atoms with Gasteiger partial charge in [-0.25, -0.2) is 0 Å². The number of thioether (sulfide) groups is 1. The number of benzene rings is 3. The number of carboxylic acid groups (broad SMARTS) is 1. The van der Waals surface area contributed by atoms with E-state index in [2.05, 4.69) is 0 Å². The summed E-state index contributed by atoms with van der Waals surface area (Å²) in [5, 5.41) is 8.96. The average molecular weight is 444 g/mol. The van der Waals surface area contributed by atoms with Gasteiger partial charge >= 0.3 is 11.5 Å². The van der Waals surface area contributed by atoms with E-state index in [4.69, 9.17) is 9.84 Å². The lowest BCUT2D eigenvalue weighted by Crippen LogP contribution is -1.99. The molecule has 3 nitrogen and oxygen atoms in total. The van der Waals surface area contributed by atoms with Crippen LogP contribution in [0.25, 0.3) is 17.2 Å². The molecule has 0 fully saturated rings. The Morgan fingerprint density at radius 1 is 0.968 bits per heavy atom. The fourth-order valence-corrected chi connectivity index (χ4v) is 3.45. The maximum atomic E-state index is 12.4. The van der Waals surface area contributed by atoms with Crippen molar-refractivity contribution in [3.8, 4) is 16.9 Å². The summed E-state index contributed by atoms with van der Waals surface area (Å²) in [5.41, 5.74) is -0.988. The number of rotatable bonds is 8. The summed E-state index contributed by atoms with van der Waals surface area (Å²) in [4.78, 5) is 11.1. The fraction of sp³-hybridized carbons (Fsp3) is 0.125. The van der Waals surface area contributed by atoms with E-state index < -0.39 is 11.5 Å². The van der Waals surface area contributed by atoms with Gasteiger partial charge in [0.2, 0.25) is 0 Å². The zero-order valence-electron chi connectivity index (χ0n) is 16.3. The summed E-state index contributed by atoms with van der Waals surface area (Å²) in [7, 11) is 0. The molecule has 3 rings (SSSR count). The third-order valence-electron chi connectivity index (χ3n) is 4.22. The molecule has 0 atom stereocenters. The van der Waals surface area contributed by atoms with Crippen LogP contribution in [-0.2, 0) is 11.2 Å². The maximum Gasteiger partial charge on any atom is 0.446 e. The molecule has 0 saturated carbocycles. The predicted molar refractivity (Wildman–Crippen MR) is 116 cm³/mol. The van der Waals surface area contributed by atoms with Gasteiger partial charge in [-0.1, -0.05) is 54.6 Å². The number of alkyl halides is 3. The van der Waals surface area contributed by atoms with Crippen LogP contribution in [0.2, 0.25) is 0 Å². The van der Waals surface area contributed by atoms with Gasteiger partial charge in [0.25, 0.3) is 0 Å². The van der Waals surface area contributed by atoms with Crippen LogP contribution in [0.5, 0.6) is 5.75 Å². The van der Waals surface area contributed by atoms with Crippen molar-refractivity contribution in [2.24, 2.45) is 0 Å². The summed E-state index contributed by atoms with van der Waals surface area (Å²) in [5.74, 6) is -0.225. The van der Waals surface area contributed by atoms with E-state index in [1.165, 1.54) is 12.1 Å². The lowest BCUT2D eigenvalue weighted by molar-refractivity contribution is -0.136. The van der Waals surface area contributed by atoms with Crippen molar-refractivity contribution in [1.29, 1.82) is 0 Å². The minimum absolute atomic E-state index is 0.0370. The van der Waals surface area contributed by atoms with Crippen molar-refractivity contribution in [1.82, 2.24) is 0 Å². The van der Waals surface area contributed by atoms with Gasteiger partial charge < -0.3 is 9.84 Å². The summed E-state index contributed by atoms with van der Waals surface area (Å²) in [6.45, 7) is 0.293. The van der Waals surface area contributed by atoms with Crippen LogP contribution in [0.3, 0.4) is 0 Å². The first kappa shape index (κ1) is 22.5. The lowest BCUT2D eigenvalue weighted by Gasteiger charge is -2.08. The lowest BCUT2D eigenvalue weighted by atomic mass is 10.0. The Hall–Kier alpha value is -3.19. The van der Waals surface area contributed by atoms with E-state index in [1.54, 1.807) is 30.4 Å². The first-order chi connectivity index (χ1) is 14.8. The number of aliphatic carboxylic acids is 1. The second kappa shape index (κ2) is 10.2. The summed E-state index contributed by atoms with van der Waals surface area (Å²) >= 11 is -0.140. The third kappa shape index (κ3) is 7.53. The van der Waals surface area contributed by atoms with Gasteiger partial charge in [0, 0.05) is 4.90 Å². The molecule has 0 radical (unpaired) electrons. The Labute approximate surface area is 182 Å². The van der Waals surface area contributed by atoms with Crippen LogP contribution in [0.1, 0.15) is 11.1 Å². The molecule has 160 valence electrons. The molecule has 3 aromatic carbocycles. The highest BCUT2D eigenvalue weighted by molar-refractivity contribution is 8.00. The van der Waals surface area contributed by atoms with Crippen LogP contribution in [-0.4, -0.2) is 23.2 Å². The van der Waals surface area contributed by atoms with Gasteiger partial charge in [0.05, 0.1) is 6.42 Å². The quantitative estimate of drug-likeness (QED) is 0.394. The minimum Gasteiger partial charge on any atom is -0.490 e. The zero-order chi connectivity index (χ0) is 22.3. The van der Waals surface area contributed by atoms with Crippen LogP contribution < -0.4 is 4.74 Å². The third-order valence-corrected chi connectivity index (χ3v) is 4.96. The van der Waals surface area contributed by atoms with Gasteiger partial charge in [-0.05, 0) is 64.4 Å². The van der Waals surface area contributed by atoms with Crippen LogP contribution in [0.15, 0.2) is 83.8 Å². The molecule has 0 heterocycles. The molecule has 0 unspecified atom stereocenters. The van der Waals surface area contributed by atoms with E-state index in [9.17, 15) is 18.0 Å². The molecule has 0 aromatic heterocycles. The zero-order valence-corrected chi connectivity index (χ0v) is 17.1. The Morgan fingerprint density at radius 3 is 2.32 bits per heavy atom. The van der Waals surface area contributed by atoms with Crippen molar-refractivity contribution in [3.63, 3.8) is 0 Å². The van der Waals surface area contributed by atoms with E-state index in [0.717, 1.165) is 22.3 Å². The Bertz CT molecular complexity index is 1060. The molecule has 0 aliphatic rings. The highest BCUT2D eigenvalue weighted by Crippen LogP contribution is 2.36. The van der Waals surface area contributed by atoms with E-state index >= 15 is 0 Å². The van der Waals surface area contributed by atoms with Crippen LogP contribution in [0, 0.1) is 0 Å². The molecule has 7 heteroatoms. The highest BCUT2D eigenvalue weighted by Gasteiger charge is 2.28. The van der Waals surface area contributed by atoms with Crippen molar-refractivity contribution < 1.29 is 27.8 Å². The number of ether oxygens (including phenoxy) is 1. The van der Waals surface area contributed by atoms with E-state index in [-0.39, 0.29) is 23.1 Å². The van der Waals surface area contributed by atoms with Gasteiger partial charge in [-0.3, -0.25) is 4.79 Å². The summed E-state index contributed by atoms with van der Waals surface area (Å²) < 4.78 is 42.8. The van der Waals surface area contributed by atoms with E-state index in [0.29, 0.717) is 12.4 Å². The molecule has 0 aliphatic carbocycles. The molecule has 31 heavy (non-hydrogen) atoms. The Balaban J connectivity index is 1.59. The molecule has 3 aromatic rings. The van der Waals surface area contributed by atoms with Gasteiger partial charge in [-0.2, -0.15) is 13.2 Å². The van der Waals surface area contributed by atoms with Crippen molar-refractivity contribution in [3.05, 3.63) is 90.0 Å². The number of hydrogen-bond donors (Lipinski definition) is 1. The van der Waals surface area contributed by atoms with Crippen molar-refractivity contribution in [2.45, 2.75) is 16.8 Å². The number of hydrogen-bond acceptors (Lipinski definition) is 3. The molecule has 0 spiro atoms. The van der Waals surface area contributed by atoms with Gasteiger partial charge in [-0.15, -0.1) is 0 Å². The molecule has 1 N–H and O–H groups in total. The van der Waals surface area contributed by atoms with Crippen molar-refractivity contribution in [2.75, 3.05) is 6.61 Å². The number of carbonyl (C=O) groups is 1. The first-order valence-electron chi connectivity index (χ1n) is 9.35. The van der Waals surface area contributed by atoms with Crippen molar-refractivity contribution >= 4 is 23.8 Å². The monoisotopic (exact) mass is 444 g/mol. The van der Waals surface area contributed by atoms with Crippen LogP contribution >= 0.6 is 11.8 Å². The minimum atomic E-state index is -4.29. The molecular formula is C24H19F3O3S. The first-order valence-corrected chi connectivity index (χ1v) is 10.2. The second-order valence-electron chi connectivity index (χ2n) is 6.63. The molecule has 0 bridgehead atoms. The smallest absolute Gasteiger partial charge is 0.446 e. The van der Waals surface area contributed by atoms with Crippen LogP contribution in [0.4, 0.5) is 13.2 Å². The summed E-state index contributed by atoms with van der Waals surface area (Å²) in [6, 6.07) is 20.9. The Morgan fingerprint density at radius 2 is 1.65 bits per heavy atom. The normalized spacial score (nSPS) is 11.6.